The van der Waals surface area contributed by atoms with Crippen LogP contribution in [-0.4, -0.2) is 97.6 Å². The van der Waals surface area contributed by atoms with Gasteiger partial charge >= 0.3 is 0 Å². The SMILES string of the molecule is CC(C)N1CCC(CC(=O)N(C)CCN2CCCC(c3ncncc3S(C)(=O)=O)C2)CC1. The van der Waals surface area contributed by atoms with E-state index in [2.05, 4.69) is 33.6 Å². The molecule has 0 bridgehead atoms. The minimum Gasteiger partial charge on any atom is -0.344 e. The number of carbonyl (C=O) groups excluding carboxylic acids is 1. The van der Waals surface area contributed by atoms with Gasteiger partial charge in [0.25, 0.3) is 0 Å². The van der Waals surface area contributed by atoms with Crippen LogP contribution in [0.25, 0.3) is 0 Å². The highest BCUT2D eigenvalue weighted by Crippen LogP contribution is 2.29. The molecule has 9 heteroatoms. The molecule has 8 nitrogen and oxygen atoms in total. The Morgan fingerprint density at radius 1 is 1.22 bits per heavy atom. The predicted molar refractivity (Wildman–Crippen MR) is 125 cm³/mol. The molecule has 32 heavy (non-hydrogen) atoms. The number of hydrogen-bond acceptors (Lipinski definition) is 7. The fraction of sp³-hybridized carbons (Fsp3) is 0.783. The number of rotatable bonds is 8. The summed E-state index contributed by atoms with van der Waals surface area (Å²) in [5.74, 6) is 0.798. The van der Waals surface area contributed by atoms with Crippen molar-refractivity contribution in [1.82, 2.24) is 24.7 Å². The third-order valence-corrected chi connectivity index (χ3v) is 8.13. The van der Waals surface area contributed by atoms with Crippen LogP contribution >= 0.6 is 0 Å². The number of carbonyl (C=O) groups is 1. The van der Waals surface area contributed by atoms with E-state index in [1.54, 1.807) is 0 Å². The first-order valence-electron chi connectivity index (χ1n) is 11.9. The largest absolute Gasteiger partial charge is 0.344 e. The first kappa shape index (κ1) is 25.1. The number of amides is 1. The lowest BCUT2D eigenvalue weighted by Gasteiger charge is -2.35. The number of hydrogen-bond donors (Lipinski definition) is 0. The summed E-state index contributed by atoms with van der Waals surface area (Å²) in [6, 6.07) is 0.582. The molecule has 3 rings (SSSR count). The van der Waals surface area contributed by atoms with Crippen LogP contribution in [0.15, 0.2) is 17.4 Å². The molecule has 180 valence electrons. The highest BCUT2D eigenvalue weighted by atomic mass is 32.2. The molecule has 3 heterocycles. The van der Waals surface area contributed by atoms with E-state index in [0.29, 0.717) is 30.6 Å². The van der Waals surface area contributed by atoms with E-state index in [9.17, 15) is 13.2 Å². The summed E-state index contributed by atoms with van der Waals surface area (Å²) in [5, 5.41) is 0. The summed E-state index contributed by atoms with van der Waals surface area (Å²) < 4.78 is 24.3. The monoisotopic (exact) mass is 465 g/mol. The van der Waals surface area contributed by atoms with Gasteiger partial charge in [0.1, 0.15) is 11.2 Å². The first-order valence-corrected chi connectivity index (χ1v) is 13.7. The minimum absolute atomic E-state index is 0.0728. The van der Waals surface area contributed by atoms with Crippen LogP contribution in [0.5, 0.6) is 0 Å². The molecule has 1 aromatic heterocycles. The fourth-order valence-corrected chi connectivity index (χ4v) is 5.74. The maximum atomic E-state index is 12.8. The van der Waals surface area contributed by atoms with Crippen molar-refractivity contribution in [1.29, 1.82) is 0 Å². The Labute approximate surface area is 193 Å². The third kappa shape index (κ3) is 6.71. The van der Waals surface area contributed by atoms with Crippen LogP contribution in [0.2, 0.25) is 0 Å². The zero-order chi connectivity index (χ0) is 23.3. The Morgan fingerprint density at radius 3 is 2.59 bits per heavy atom. The third-order valence-electron chi connectivity index (χ3n) is 7.02. The van der Waals surface area contributed by atoms with Crippen molar-refractivity contribution in [3.63, 3.8) is 0 Å². The number of nitrogens with zero attached hydrogens (tertiary/aromatic N) is 5. The topological polar surface area (TPSA) is 86.7 Å². The lowest BCUT2D eigenvalue weighted by atomic mass is 9.92. The Morgan fingerprint density at radius 2 is 1.94 bits per heavy atom. The second-order valence-electron chi connectivity index (χ2n) is 9.78. The van der Waals surface area contributed by atoms with Crippen molar-refractivity contribution >= 4 is 15.7 Å². The van der Waals surface area contributed by atoms with Crippen LogP contribution in [0.1, 0.15) is 57.6 Å². The van der Waals surface area contributed by atoms with Gasteiger partial charge in [-0.3, -0.25) is 4.79 Å². The van der Waals surface area contributed by atoms with Gasteiger partial charge in [-0.1, -0.05) is 0 Å². The van der Waals surface area contributed by atoms with E-state index in [0.717, 1.165) is 58.4 Å². The van der Waals surface area contributed by atoms with Gasteiger partial charge in [0, 0.05) is 57.5 Å². The molecule has 2 fully saturated rings. The van der Waals surface area contributed by atoms with E-state index in [1.807, 2.05) is 11.9 Å². The lowest BCUT2D eigenvalue weighted by Crippen LogP contribution is -2.42. The van der Waals surface area contributed by atoms with Crippen LogP contribution in [0.3, 0.4) is 0 Å². The quantitative estimate of drug-likeness (QED) is 0.580. The highest BCUT2D eigenvalue weighted by molar-refractivity contribution is 7.90. The van der Waals surface area contributed by atoms with Gasteiger partial charge in [-0.2, -0.15) is 0 Å². The van der Waals surface area contributed by atoms with Crippen LogP contribution < -0.4 is 0 Å². The van der Waals surface area contributed by atoms with Gasteiger partial charge in [0.05, 0.1) is 5.69 Å². The van der Waals surface area contributed by atoms with Crippen LogP contribution in [0, 0.1) is 5.92 Å². The molecule has 1 unspecified atom stereocenters. The summed E-state index contributed by atoms with van der Waals surface area (Å²) in [6.45, 7) is 9.86. The summed E-state index contributed by atoms with van der Waals surface area (Å²) in [4.78, 5) is 27.9. The van der Waals surface area contributed by atoms with E-state index >= 15 is 0 Å². The maximum absolute atomic E-state index is 12.8. The van der Waals surface area contributed by atoms with Crippen molar-refractivity contribution in [2.24, 2.45) is 5.92 Å². The standard InChI is InChI=1S/C23H39N5O3S/c1-18(2)28-10-7-19(8-11-28)14-22(29)26(3)12-13-27-9-5-6-20(16-27)23-21(32(4,30)31)15-24-17-25-23/h15,17-20H,5-14,16H2,1-4H3. The average Bonchev–Trinajstić information content (AvgIpc) is 2.77. The normalized spacial score (nSPS) is 21.7. The van der Waals surface area contributed by atoms with Gasteiger partial charge in [-0.25, -0.2) is 18.4 Å². The number of likely N-dealkylation sites (tertiary alicyclic amines) is 2. The highest BCUT2D eigenvalue weighted by Gasteiger charge is 2.28. The van der Waals surface area contributed by atoms with Crippen LogP contribution in [-0.2, 0) is 14.6 Å². The smallest absolute Gasteiger partial charge is 0.222 e. The van der Waals surface area contributed by atoms with E-state index < -0.39 is 9.84 Å². The average molecular weight is 466 g/mol. The Balaban J connectivity index is 1.48. The van der Waals surface area contributed by atoms with E-state index in [-0.39, 0.29) is 16.7 Å². The zero-order valence-electron chi connectivity index (χ0n) is 20.0. The molecule has 1 amide bonds. The molecule has 2 aliphatic heterocycles. The van der Waals surface area contributed by atoms with Gasteiger partial charge in [0.2, 0.25) is 5.91 Å². The number of piperidine rings is 2. The molecule has 2 saturated heterocycles. The molecular weight excluding hydrogens is 426 g/mol. The van der Waals surface area contributed by atoms with E-state index in [1.165, 1.54) is 18.8 Å². The molecule has 0 aliphatic carbocycles. The summed E-state index contributed by atoms with van der Waals surface area (Å²) in [7, 11) is -1.46. The van der Waals surface area contributed by atoms with Gasteiger partial charge in [-0.05, 0) is 65.1 Å². The lowest BCUT2D eigenvalue weighted by molar-refractivity contribution is -0.131. The Hall–Kier alpha value is -1.58. The molecule has 0 N–H and O–H groups in total. The Bertz CT molecular complexity index is 868. The van der Waals surface area contributed by atoms with Crippen molar-refractivity contribution < 1.29 is 13.2 Å². The molecule has 0 radical (unpaired) electrons. The summed E-state index contributed by atoms with van der Waals surface area (Å²) in [5.41, 5.74) is 0.629. The van der Waals surface area contributed by atoms with Crippen molar-refractivity contribution in [2.45, 2.75) is 62.8 Å². The minimum atomic E-state index is -3.36. The molecule has 1 aromatic rings. The molecule has 1 atom stereocenters. The molecule has 0 saturated carbocycles. The molecule has 2 aliphatic rings. The summed E-state index contributed by atoms with van der Waals surface area (Å²) >= 11 is 0. The second-order valence-corrected chi connectivity index (χ2v) is 11.8. The van der Waals surface area contributed by atoms with Gasteiger partial charge in [0.15, 0.2) is 9.84 Å². The maximum Gasteiger partial charge on any atom is 0.222 e. The second kappa shape index (κ2) is 11.0. The fourth-order valence-electron chi connectivity index (χ4n) is 4.89. The van der Waals surface area contributed by atoms with E-state index in [4.69, 9.17) is 0 Å². The number of sulfone groups is 1. The first-order chi connectivity index (χ1) is 15.1. The molecular formula is C23H39N5O3S. The molecule has 0 aromatic carbocycles. The Kier molecular flexibility index (Phi) is 8.63. The predicted octanol–water partition coefficient (Wildman–Crippen LogP) is 2.03. The summed E-state index contributed by atoms with van der Waals surface area (Å²) in [6.07, 6.45) is 8.81. The van der Waals surface area contributed by atoms with Gasteiger partial charge in [-0.15, -0.1) is 0 Å². The number of likely N-dealkylation sites (N-methyl/N-ethyl adjacent to an activating group) is 1. The van der Waals surface area contributed by atoms with Gasteiger partial charge < -0.3 is 14.7 Å². The van der Waals surface area contributed by atoms with Crippen molar-refractivity contribution in [3.8, 4) is 0 Å². The van der Waals surface area contributed by atoms with Crippen LogP contribution in [0.4, 0.5) is 0 Å². The van der Waals surface area contributed by atoms with Crippen molar-refractivity contribution in [3.05, 3.63) is 18.2 Å². The molecule has 0 spiro atoms. The zero-order valence-corrected chi connectivity index (χ0v) is 20.9. The number of aromatic nitrogens is 2. The van der Waals surface area contributed by atoms with Crippen molar-refractivity contribution in [2.75, 3.05) is 52.6 Å².